The van der Waals surface area contributed by atoms with Crippen LogP contribution in [0.1, 0.15) is 5.69 Å². The summed E-state index contributed by atoms with van der Waals surface area (Å²) in [5, 5.41) is 4.06. The average Bonchev–Trinajstić information content (AvgIpc) is 2.60. The summed E-state index contributed by atoms with van der Waals surface area (Å²) in [7, 11) is 1.72. The van der Waals surface area contributed by atoms with E-state index in [4.69, 9.17) is 10.2 Å². The lowest BCUT2D eigenvalue weighted by Crippen LogP contribution is -1.97. The molecule has 2 N–H and O–H groups in total. The molecule has 0 amide bonds. The predicted molar refractivity (Wildman–Crippen MR) is 45.6 cm³/mol. The van der Waals surface area contributed by atoms with E-state index in [1.54, 1.807) is 7.05 Å². The molecule has 0 saturated heterocycles. The second-order valence-electron chi connectivity index (χ2n) is 2.68. The van der Waals surface area contributed by atoms with E-state index < -0.39 is 0 Å². The van der Waals surface area contributed by atoms with Gasteiger partial charge in [0.25, 0.3) is 0 Å². The van der Waals surface area contributed by atoms with E-state index in [0.717, 1.165) is 5.69 Å². The van der Waals surface area contributed by atoms with Crippen LogP contribution in [-0.4, -0.2) is 19.7 Å². The second kappa shape index (κ2) is 2.58. The summed E-state index contributed by atoms with van der Waals surface area (Å²) in [6.45, 7) is 1.82. The van der Waals surface area contributed by atoms with E-state index >= 15 is 0 Å². The molecule has 2 rings (SSSR count). The Morgan fingerprint density at radius 3 is 2.77 bits per heavy atom. The monoisotopic (exact) mass is 179 g/mol. The van der Waals surface area contributed by atoms with Gasteiger partial charge < -0.3 is 10.2 Å². The number of nitrogen functional groups attached to an aromatic ring is 1. The number of oxazole rings is 1. The standard InChI is InChI=1S/C7H9N5O/c1-4-5(13-3-9-4)6-10-7(8)12(2)11-6/h3H,1-2H3,(H2,8,10,11). The summed E-state index contributed by atoms with van der Waals surface area (Å²) in [6, 6.07) is 0. The molecule has 6 nitrogen and oxygen atoms in total. The zero-order valence-corrected chi connectivity index (χ0v) is 7.35. The van der Waals surface area contributed by atoms with Crippen LogP contribution in [0.5, 0.6) is 0 Å². The predicted octanol–water partition coefficient (Wildman–Crippen LogP) is 0.361. The molecule has 13 heavy (non-hydrogen) atoms. The molecule has 6 heteroatoms. The molecule has 0 aliphatic heterocycles. The number of hydrogen-bond donors (Lipinski definition) is 1. The van der Waals surface area contributed by atoms with Gasteiger partial charge in [0.15, 0.2) is 12.2 Å². The number of aromatic nitrogens is 4. The first-order chi connectivity index (χ1) is 6.18. The molecule has 0 aliphatic carbocycles. The van der Waals surface area contributed by atoms with Crippen LogP contribution in [0.15, 0.2) is 10.8 Å². The van der Waals surface area contributed by atoms with Crippen LogP contribution in [-0.2, 0) is 7.05 Å². The van der Waals surface area contributed by atoms with E-state index in [0.29, 0.717) is 17.5 Å². The highest BCUT2D eigenvalue weighted by Gasteiger charge is 2.12. The lowest BCUT2D eigenvalue weighted by Gasteiger charge is -1.87. The molecule has 0 aromatic carbocycles. The van der Waals surface area contributed by atoms with Gasteiger partial charge in [-0.3, -0.25) is 0 Å². The van der Waals surface area contributed by atoms with Crippen LogP contribution in [0.25, 0.3) is 11.6 Å². The Morgan fingerprint density at radius 2 is 2.31 bits per heavy atom. The van der Waals surface area contributed by atoms with Crippen molar-refractivity contribution in [3.8, 4) is 11.6 Å². The highest BCUT2D eigenvalue weighted by Crippen LogP contribution is 2.18. The summed E-state index contributed by atoms with van der Waals surface area (Å²) in [5.41, 5.74) is 6.28. The van der Waals surface area contributed by atoms with Crippen LogP contribution in [0, 0.1) is 6.92 Å². The maximum Gasteiger partial charge on any atom is 0.220 e. The summed E-state index contributed by atoms with van der Waals surface area (Å²) < 4.78 is 6.60. The fourth-order valence-electron chi connectivity index (χ4n) is 1.01. The van der Waals surface area contributed by atoms with Crippen LogP contribution in [0.2, 0.25) is 0 Å². The minimum atomic E-state index is 0.353. The van der Waals surface area contributed by atoms with Gasteiger partial charge >= 0.3 is 0 Å². The first-order valence-electron chi connectivity index (χ1n) is 3.75. The molecule has 0 aliphatic rings. The molecular weight excluding hydrogens is 170 g/mol. The van der Waals surface area contributed by atoms with Crippen molar-refractivity contribution in [1.82, 2.24) is 19.7 Å². The number of nitrogens with zero attached hydrogens (tertiary/aromatic N) is 4. The molecule has 0 atom stereocenters. The van der Waals surface area contributed by atoms with Gasteiger partial charge in [-0.2, -0.15) is 4.98 Å². The van der Waals surface area contributed by atoms with Crippen LogP contribution in [0.4, 0.5) is 5.95 Å². The summed E-state index contributed by atoms with van der Waals surface area (Å²) in [5.74, 6) is 1.38. The van der Waals surface area contributed by atoms with Crippen LogP contribution < -0.4 is 5.73 Å². The van der Waals surface area contributed by atoms with E-state index in [1.165, 1.54) is 11.1 Å². The summed E-state index contributed by atoms with van der Waals surface area (Å²) in [4.78, 5) is 7.94. The Kier molecular flexibility index (Phi) is 1.54. The Bertz CT molecular complexity index is 410. The largest absolute Gasteiger partial charge is 0.440 e. The molecule has 0 fully saturated rings. The molecule has 2 aromatic rings. The van der Waals surface area contributed by atoms with Gasteiger partial charge in [-0.25, -0.2) is 9.67 Å². The van der Waals surface area contributed by atoms with Crippen LogP contribution >= 0.6 is 0 Å². The number of hydrogen-bond acceptors (Lipinski definition) is 5. The fraction of sp³-hybridized carbons (Fsp3) is 0.286. The zero-order chi connectivity index (χ0) is 9.42. The maximum atomic E-state index is 5.52. The topological polar surface area (TPSA) is 82.8 Å². The summed E-state index contributed by atoms with van der Waals surface area (Å²) in [6.07, 6.45) is 1.36. The Balaban J connectivity index is 2.53. The van der Waals surface area contributed by atoms with Gasteiger partial charge in [-0.1, -0.05) is 0 Å². The number of nitrogens with two attached hydrogens (primary N) is 1. The van der Waals surface area contributed by atoms with Crippen molar-refractivity contribution in [1.29, 1.82) is 0 Å². The molecule has 2 heterocycles. The van der Waals surface area contributed by atoms with E-state index in [-0.39, 0.29) is 0 Å². The van der Waals surface area contributed by atoms with Gasteiger partial charge in [0.1, 0.15) is 0 Å². The van der Waals surface area contributed by atoms with Crippen molar-refractivity contribution in [2.24, 2.45) is 7.05 Å². The number of aryl methyl sites for hydroxylation is 2. The van der Waals surface area contributed by atoms with Crippen LogP contribution in [0.3, 0.4) is 0 Å². The van der Waals surface area contributed by atoms with Gasteiger partial charge in [0, 0.05) is 7.05 Å². The highest BCUT2D eigenvalue weighted by molar-refractivity contribution is 5.50. The van der Waals surface area contributed by atoms with Crippen molar-refractivity contribution >= 4 is 5.95 Å². The summed E-state index contributed by atoms with van der Waals surface area (Å²) >= 11 is 0. The minimum absolute atomic E-state index is 0.353. The molecule has 68 valence electrons. The van der Waals surface area contributed by atoms with Crippen molar-refractivity contribution in [2.45, 2.75) is 6.92 Å². The Labute approximate surface area is 74.4 Å². The quantitative estimate of drug-likeness (QED) is 0.683. The maximum absolute atomic E-state index is 5.52. The van der Waals surface area contributed by atoms with Gasteiger partial charge in [0.05, 0.1) is 5.69 Å². The van der Waals surface area contributed by atoms with Crippen molar-refractivity contribution in [3.63, 3.8) is 0 Å². The third kappa shape index (κ3) is 1.16. The lowest BCUT2D eigenvalue weighted by molar-refractivity contribution is 0.565. The minimum Gasteiger partial charge on any atom is -0.440 e. The van der Waals surface area contributed by atoms with Gasteiger partial charge in [-0.05, 0) is 6.92 Å². The first-order valence-corrected chi connectivity index (χ1v) is 3.75. The van der Waals surface area contributed by atoms with E-state index in [1.807, 2.05) is 6.92 Å². The third-order valence-electron chi connectivity index (χ3n) is 1.75. The average molecular weight is 179 g/mol. The molecule has 0 unspecified atom stereocenters. The molecule has 0 spiro atoms. The second-order valence-corrected chi connectivity index (χ2v) is 2.68. The third-order valence-corrected chi connectivity index (χ3v) is 1.75. The molecule has 0 bridgehead atoms. The fourth-order valence-corrected chi connectivity index (χ4v) is 1.01. The first kappa shape index (κ1) is 7.78. The van der Waals surface area contributed by atoms with Gasteiger partial charge in [0.2, 0.25) is 11.8 Å². The van der Waals surface area contributed by atoms with Crippen molar-refractivity contribution in [2.75, 3.05) is 5.73 Å². The van der Waals surface area contributed by atoms with E-state index in [9.17, 15) is 0 Å². The van der Waals surface area contributed by atoms with Gasteiger partial charge in [-0.15, -0.1) is 5.10 Å². The highest BCUT2D eigenvalue weighted by atomic mass is 16.3. The van der Waals surface area contributed by atoms with E-state index in [2.05, 4.69) is 15.1 Å². The molecular formula is C7H9N5O. The van der Waals surface area contributed by atoms with Crippen molar-refractivity contribution in [3.05, 3.63) is 12.1 Å². The SMILES string of the molecule is Cc1ncoc1-c1nc(N)n(C)n1. The lowest BCUT2D eigenvalue weighted by atomic mass is 10.3. The Morgan fingerprint density at radius 1 is 1.54 bits per heavy atom. The normalized spacial score (nSPS) is 10.6. The smallest absolute Gasteiger partial charge is 0.220 e. The van der Waals surface area contributed by atoms with Crippen molar-refractivity contribution < 1.29 is 4.42 Å². The Hall–Kier alpha value is -1.85. The molecule has 0 radical (unpaired) electrons. The number of rotatable bonds is 1. The number of anilines is 1. The zero-order valence-electron chi connectivity index (χ0n) is 7.35. The molecule has 2 aromatic heterocycles. The molecule has 0 saturated carbocycles.